The first-order valence-electron chi connectivity index (χ1n) is 11.2. The van der Waals surface area contributed by atoms with E-state index < -0.39 is 32.6 Å². The van der Waals surface area contributed by atoms with Gasteiger partial charge in [-0.05, 0) is 12.8 Å². The van der Waals surface area contributed by atoms with Gasteiger partial charge in [-0.25, -0.2) is 9.97 Å². The Morgan fingerprint density at radius 2 is 1.23 bits per heavy atom. The van der Waals surface area contributed by atoms with Crippen LogP contribution in [-0.4, -0.2) is 51.2 Å². The second-order valence-electron chi connectivity index (χ2n) is 8.02. The summed E-state index contributed by atoms with van der Waals surface area (Å²) < 4.78 is 78.2. The van der Waals surface area contributed by atoms with Gasteiger partial charge in [-0.1, -0.05) is 23.2 Å². The summed E-state index contributed by atoms with van der Waals surface area (Å²) in [6.45, 7) is 0.0210. The molecule has 0 fully saturated rings. The first kappa shape index (κ1) is 29.6. The minimum absolute atomic E-state index is 0.00379. The molecule has 2 unspecified atom stereocenters. The number of fused-ring (bicyclic) bond motifs is 2. The van der Waals surface area contributed by atoms with Gasteiger partial charge in [0.15, 0.2) is 21.6 Å². The minimum atomic E-state index is -3.56. The third kappa shape index (κ3) is 7.42. The van der Waals surface area contributed by atoms with Crippen LogP contribution in [0.2, 0.25) is 10.3 Å². The van der Waals surface area contributed by atoms with Crippen LogP contribution in [0, 0.1) is 0 Å². The summed E-state index contributed by atoms with van der Waals surface area (Å²) in [5.41, 5.74) is 12.2. The summed E-state index contributed by atoms with van der Waals surface area (Å²) in [5, 5.41) is 0.00759. The number of anilines is 2. The van der Waals surface area contributed by atoms with Gasteiger partial charge >= 0.3 is 8.25 Å². The fourth-order valence-electron chi connectivity index (χ4n) is 3.62. The fourth-order valence-corrected chi connectivity index (χ4v) is 4.98. The molecule has 0 bridgehead atoms. The molecule has 20 heteroatoms. The number of hydrogen-bond acceptors (Lipinski definition) is 11. The Bertz CT molecular complexity index is 1490. The average Bonchev–Trinajstić information content (AvgIpc) is 3.44. The van der Waals surface area contributed by atoms with Crippen LogP contribution in [0.1, 0.15) is 12.8 Å². The van der Waals surface area contributed by atoms with E-state index in [1.165, 1.54) is 21.8 Å². The van der Waals surface area contributed by atoms with Crippen molar-refractivity contribution in [1.29, 1.82) is 0 Å². The minimum Gasteiger partial charge on any atom is -0.368 e. The second kappa shape index (κ2) is 12.9. The van der Waals surface area contributed by atoms with E-state index >= 15 is 0 Å². The summed E-state index contributed by atoms with van der Waals surface area (Å²) in [4.78, 5) is 23.7. The molecule has 0 aliphatic rings. The van der Waals surface area contributed by atoms with Gasteiger partial charge in [0.1, 0.15) is 11.0 Å². The Balaban J connectivity index is 1.43. The van der Waals surface area contributed by atoms with Crippen LogP contribution in [0.4, 0.5) is 29.5 Å². The van der Waals surface area contributed by atoms with E-state index in [1.54, 1.807) is 0 Å². The number of rotatable bonds is 12. The molecule has 2 atom stereocenters. The van der Waals surface area contributed by atoms with Crippen LogP contribution in [0.25, 0.3) is 22.3 Å². The molecule has 4 aromatic heterocycles. The molecule has 0 spiro atoms. The van der Waals surface area contributed by atoms with Gasteiger partial charge in [0.05, 0.1) is 24.9 Å². The van der Waals surface area contributed by atoms with E-state index in [0.29, 0.717) is 12.2 Å². The quantitative estimate of drug-likeness (QED) is 0.128. The zero-order chi connectivity index (χ0) is 29.0. The molecule has 0 aliphatic heterocycles. The predicted octanol–water partition coefficient (Wildman–Crippen LogP) is 4.64. The highest BCUT2D eigenvalue weighted by Gasteiger charge is 2.20. The zero-order valence-electron chi connectivity index (χ0n) is 20.0. The molecule has 0 radical (unpaired) electrons. The third-order valence-electron chi connectivity index (χ3n) is 5.31. The highest BCUT2D eigenvalue weighted by Crippen LogP contribution is 2.33. The number of nitrogen functional groups attached to an aromatic ring is 2. The molecule has 4 N–H and O–H groups in total. The van der Waals surface area contributed by atoms with E-state index in [1.807, 2.05) is 0 Å². The fraction of sp³-hybridized carbons (Fsp3) is 0.300. The number of nitrogens with zero attached hydrogens (tertiary/aromatic N) is 8. The van der Waals surface area contributed by atoms with Gasteiger partial charge in [0.2, 0.25) is 11.9 Å². The normalized spacial score (nSPS) is 13.8. The molecular weight excluding hydrogens is 606 g/mol. The van der Waals surface area contributed by atoms with Gasteiger partial charge in [-0.2, -0.15) is 37.5 Å². The first-order chi connectivity index (χ1) is 19.0. The van der Waals surface area contributed by atoms with E-state index in [-0.39, 0.29) is 70.5 Å². The molecule has 4 heterocycles. The number of hydrogen-bond donors (Lipinski definition) is 2. The lowest BCUT2D eigenvalue weighted by Gasteiger charge is -2.18. The van der Waals surface area contributed by atoms with Crippen molar-refractivity contribution < 1.29 is 31.2 Å². The molecule has 4 rings (SSSR count). The topological polar surface area (TPSA) is 175 Å². The molecule has 0 aliphatic carbocycles. The van der Waals surface area contributed by atoms with Crippen molar-refractivity contribution in [3.63, 3.8) is 0 Å². The van der Waals surface area contributed by atoms with E-state index in [9.17, 15) is 22.1 Å². The standard InChI is InChI=1S/C20H19Cl2F4N10O3P/c21-15-13-17(33-19(27)31-15)35(7-29-13)3-1-9(5-11(23)24)38-40(37)39-10(6-12(25)26)2-4-36-8-30-14-16(22)32-20(28)34-18(14)36/h5-10,40H,1-4H2,(H2,27,31,33)(H2,28,32,34). The molecule has 0 aromatic carbocycles. The number of aryl methyl sites for hydroxylation is 2. The van der Waals surface area contributed by atoms with Crippen molar-refractivity contribution >= 4 is 65.7 Å². The van der Waals surface area contributed by atoms with Crippen molar-refractivity contribution in [3.8, 4) is 0 Å². The van der Waals surface area contributed by atoms with Crippen LogP contribution in [0.15, 0.2) is 37.0 Å². The predicted molar refractivity (Wildman–Crippen MR) is 138 cm³/mol. The SMILES string of the molecule is Nc1nc(Cl)c2ncn(CCC(C=C(F)F)O[PH](=O)OC(C=C(F)F)CCn3cnc4c(Cl)nc(N)nc43)c2n1. The maximum absolute atomic E-state index is 13.1. The van der Waals surface area contributed by atoms with Gasteiger partial charge in [-0.15, -0.1) is 0 Å². The second-order valence-corrected chi connectivity index (χ2v) is 9.71. The Labute approximate surface area is 232 Å². The van der Waals surface area contributed by atoms with Gasteiger partial charge in [-0.3, -0.25) is 4.57 Å². The van der Waals surface area contributed by atoms with Crippen molar-refractivity contribution in [2.24, 2.45) is 0 Å². The Kier molecular flexibility index (Phi) is 9.52. The van der Waals surface area contributed by atoms with Gasteiger partial charge in [0.25, 0.3) is 12.2 Å². The number of nitrogens with two attached hydrogens (primary N) is 2. The van der Waals surface area contributed by atoms with Gasteiger partial charge in [0, 0.05) is 25.2 Å². The molecule has 0 amide bonds. The van der Waals surface area contributed by atoms with Crippen molar-refractivity contribution in [2.45, 2.75) is 38.1 Å². The molecule has 13 nitrogen and oxygen atoms in total. The first-order valence-corrected chi connectivity index (χ1v) is 13.2. The monoisotopic (exact) mass is 624 g/mol. The number of aromatic nitrogens is 8. The van der Waals surface area contributed by atoms with E-state index in [0.717, 1.165) is 0 Å². The average molecular weight is 625 g/mol. The maximum atomic E-state index is 13.1. The van der Waals surface area contributed by atoms with Crippen LogP contribution >= 0.6 is 31.5 Å². The third-order valence-corrected chi connectivity index (χ3v) is 6.82. The lowest BCUT2D eigenvalue weighted by Crippen LogP contribution is -2.14. The van der Waals surface area contributed by atoms with E-state index in [4.69, 9.17) is 43.7 Å². The van der Waals surface area contributed by atoms with Crippen LogP contribution in [0.3, 0.4) is 0 Å². The van der Waals surface area contributed by atoms with E-state index in [2.05, 4.69) is 29.9 Å². The molecular formula is C20H19Cl2F4N10O3P. The summed E-state index contributed by atoms with van der Waals surface area (Å²) in [5.74, 6) is -0.246. The Hall–Kier alpha value is -3.37. The molecule has 214 valence electrons. The lowest BCUT2D eigenvalue weighted by atomic mass is 10.2. The summed E-state index contributed by atoms with van der Waals surface area (Å²) >= 11 is 12.0. The number of halogens is 6. The molecule has 0 saturated carbocycles. The van der Waals surface area contributed by atoms with Gasteiger partial charge < -0.3 is 29.6 Å². The zero-order valence-corrected chi connectivity index (χ0v) is 22.5. The summed E-state index contributed by atoms with van der Waals surface area (Å²) in [6.07, 6.45) is -3.81. The highest BCUT2D eigenvalue weighted by molar-refractivity contribution is 7.33. The Morgan fingerprint density at radius 1 is 0.825 bits per heavy atom. The van der Waals surface area contributed by atoms with Crippen molar-refractivity contribution in [1.82, 2.24) is 39.0 Å². The maximum Gasteiger partial charge on any atom is 0.320 e. The van der Waals surface area contributed by atoms with Crippen LogP contribution < -0.4 is 11.5 Å². The van der Waals surface area contributed by atoms with Crippen molar-refractivity contribution in [2.75, 3.05) is 11.5 Å². The molecule has 4 aromatic rings. The number of imidazole rings is 2. The van der Waals surface area contributed by atoms with Crippen LogP contribution in [0.5, 0.6) is 0 Å². The lowest BCUT2D eigenvalue weighted by molar-refractivity contribution is 0.150. The smallest absolute Gasteiger partial charge is 0.320 e. The summed E-state index contributed by atoms with van der Waals surface area (Å²) in [7, 11) is -3.56. The molecule has 40 heavy (non-hydrogen) atoms. The summed E-state index contributed by atoms with van der Waals surface area (Å²) in [6, 6.07) is 0. The van der Waals surface area contributed by atoms with Crippen molar-refractivity contribution in [3.05, 3.63) is 47.3 Å². The molecule has 0 saturated heterocycles. The van der Waals surface area contributed by atoms with Crippen LogP contribution in [-0.2, 0) is 26.7 Å². The largest absolute Gasteiger partial charge is 0.368 e. The Morgan fingerprint density at radius 3 is 1.60 bits per heavy atom. The highest BCUT2D eigenvalue weighted by atomic mass is 35.5.